The quantitative estimate of drug-likeness (QED) is 0.625. The van der Waals surface area contributed by atoms with E-state index in [1.807, 2.05) is 44.2 Å². The van der Waals surface area contributed by atoms with Gasteiger partial charge in [0.25, 0.3) is 5.91 Å². The molecular formula is C16H19NO4S. The van der Waals surface area contributed by atoms with E-state index in [-0.39, 0.29) is 28.6 Å². The van der Waals surface area contributed by atoms with Crippen molar-refractivity contribution >= 4 is 23.6 Å². The summed E-state index contributed by atoms with van der Waals surface area (Å²) in [5.74, 6) is -0.487. The van der Waals surface area contributed by atoms with E-state index in [9.17, 15) is 9.59 Å². The molecule has 1 aromatic rings. The van der Waals surface area contributed by atoms with E-state index in [2.05, 4.69) is 0 Å². The molecule has 0 aromatic heterocycles. The minimum Gasteiger partial charge on any atom is -0.459 e. The molecule has 3 rings (SSSR count). The second-order valence-corrected chi connectivity index (χ2v) is 7.78. The van der Waals surface area contributed by atoms with Crippen LogP contribution in [0.3, 0.4) is 0 Å². The number of amides is 1. The Morgan fingerprint density at radius 3 is 2.64 bits per heavy atom. The van der Waals surface area contributed by atoms with Gasteiger partial charge in [0.1, 0.15) is 18.0 Å². The fourth-order valence-corrected chi connectivity index (χ4v) is 4.64. The Kier molecular flexibility index (Phi) is 3.91. The fourth-order valence-electron chi connectivity index (χ4n) is 2.98. The average Bonchev–Trinajstić information content (AvgIpc) is 2.74. The summed E-state index contributed by atoms with van der Waals surface area (Å²) in [7, 11) is 1.52. The predicted octanol–water partition coefficient (Wildman–Crippen LogP) is 1.81. The number of nitrogens with zero attached hydrogens (tertiary/aromatic N) is 1. The van der Waals surface area contributed by atoms with E-state index < -0.39 is 12.1 Å². The second-order valence-electron chi connectivity index (χ2n) is 6.01. The van der Waals surface area contributed by atoms with E-state index >= 15 is 0 Å². The number of rotatable bonds is 4. The van der Waals surface area contributed by atoms with E-state index in [0.29, 0.717) is 0 Å². The molecule has 1 unspecified atom stereocenters. The predicted molar refractivity (Wildman–Crippen MR) is 83.1 cm³/mol. The number of hydrogen-bond donors (Lipinski definition) is 0. The standard InChI is InChI=1S/C16H19NO4S/c1-16(2)12(17-13(18)11(20-3)14(17)22-16)15(19)21-9-10-7-5-4-6-8-10/h4-8,11-12,14H,9H2,1-3H3/t11?,12-,14+/m0/s1. The number of fused-ring (bicyclic) bond motifs is 1. The van der Waals surface area contributed by atoms with Gasteiger partial charge in [0.05, 0.1) is 0 Å². The highest BCUT2D eigenvalue weighted by molar-refractivity contribution is 8.01. The zero-order valence-corrected chi connectivity index (χ0v) is 13.6. The normalized spacial score (nSPS) is 29.0. The molecule has 22 heavy (non-hydrogen) atoms. The maximum atomic E-state index is 12.5. The molecule has 2 heterocycles. The van der Waals surface area contributed by atoms with E-state index in [0.717, 1.165) is 5.56 Å². The summed E-state index contributed by atoms with van der Waals surface area (Å²) in [6, 6.07) is 8.95. The van der Waals surface area contributed by atoms with Gasteiger partial charge in [0.15, 0.2) is 6.10 Å². The lowest BCUT2D eigenvalue weighted by Gasteiger charge is -2.42. The number of methoxy groups -OCH3 is 1. The van der Waals surface area contributed by atoms with Crippen molar-refractivity contribution in [3.8, 4) is 0 Å². The lowest BCUT2D eigenvalue weighted by atomic mass is 9.97. The van der Waals surface area contributed by atoms with Crippen molar-refractivity contribution in [3.63, 3.8) is 0 Å². The van der Waals surface area contributed by atoms with Gasteiger partial charge in [-0.15, -0.1) is 11.8 Å². The topological polar surface area (TPSA) is 55.8 Å². The number of carbonyl (C=O) groups is 2. The monoisotopic (exact) mass is 321 g/mol. The average molecular weight is 321 g/mol. The molecule has 3 atom stereocenters. The highest BCUT2D eigenvalue weighted by Gasteiger charge is 2.64. The highest BCUT2D eigenvalue weighted by atomic mass is 32.2. The highest BCUT2D eigenvalue weighted by Crippen LogP contribution is 2.51. The second kappa shape index (κ2) is 5.59. The van der Waals surface area contributed by atoms with Crippen molar-refractivity contribution in [3.05, 3.63) is 35.9 Å². The van der Waals surface area contributed by atoms with Crippen molar-refractivity contribution in [2.75, 3.05) is 7.11 Å². The maximum absolute atomic E-state index is 12.5. The molecule has 0 bridgehead atoms. The molecule has 2 saturated heterocycles. The van der Waals surface area contributed by atoms with Gasteiger partial charge in [0.2, 0.25) is 0 Å². The number of carbonyl (C=O) groups excluding carboxylic acids is 2. The van der Waals surface area contributed by atoms with E-state index in [1.165, 1.54) is 7.11 Å². The van der Waals surface area contributed by atoms with Crippen molar-refractivity contribution in [1.82, 2.24) is 4.90 Å². The third-order valence-electron chi connectivity index (χ3n) is 4.09. The number of thioether (sulfide) groups is 1. The molecule has 0 N–H and O–H groups in total. The molecular weight excluding hydrogens is 302 g/mol. The first-order valence-corrected chi connectivity index (χ1v) is 8.07. The Labute approximate surface area is 134 Å². The molecule has 0 saturated carbocycles. The van der Waals surface area contributed by atoms with Gasteiger partial charge >= 0.3 is 5.97 Å². The van der Waals surface area contributed by atoms with Crippen LogP contribution in [0.5, 0.6) is 0 Å². The van der Waals surface area contributed by atoms with Crippen LogP contribution in [0.2, 0.25) is 0 Å². The first-order valence-electron chi connectivity index (χ1n) is 7.19. The molecule has 5 nitrogen and oxygen atoms in total. The van der Waals surface area contributed by atoms with E-state index in [4.69, 9.17) is 9.47 Å². The largest absolute Gasteiger partial charge is 0.459 e. The smallest absolute Gasteiger partial charge is 0.330 e. The van der Waals surface area contributed by atoms with Gasteiger partial charge in [-0.1, -0.05) is 30.3 Å². The molecule has 1 aromatic carbocycles. The Bertz CT molecular complexity index is 589. The summed E-state index contributed by atoms with van der Waals surface area (Å²) >= 11 is 1.59. The molecule has 2 aliphatic heterocycles. The molecule has 2 aliphatic rings. The molecule has 2 fully saturated rings. The SMILES string of the molecule is COC1C(=O)N2[C@@H]1SC(C)(C)[C@@H]2C(=O)OCc1ccccc1. The van der Waals surface area contributed by atoms with Gasteiger partial charge in [-0.05, 0) is 19.4 Å². The number of esters is 1. The first kappa shape index (κ1) is 15.4. The summed E-state index contributed by atoms with van der Waals surface area (Å²) in [5, 5.41) is -0.0956. The minimum atomic E-state index is -0.565. The Balaban J connectivity index is 1.70. The van der Waals surface area contributed by atoms with Crippen LogP contribution < -0.4 is 0 Å². The maximum Gasteiger partial charge on any atom is 0.330 e. The molecule has 1 amide bonds. The number of benzene rings is 1. The van der Waals surface area contributed by atoms with Gasteiger partial charge < -0.3 is 14.4 Å². The van der Waals surface area contributed by atoms with Crippen LogP contribution in [0, 0.1) is 0 Å². The van der Waals surface area contributed by atoms with Gasteiger partial charge in [-0.25, -0.2) is 4.79 Å². The van der Waals surface area contributed by atoms with Crippen LogP contribution in [0.4, 0.5) is 0 Å². The van der Waals surface area contributed by atoms with Crippen LogP contribution in [0.1, 0.15) is 19.4 Å². The van der Waals surface area contributed by atoms with Crippen molar-refractivity contribution in [2.24, 2.45) is 0 Å². The van der Waals surface area contributed by atoms with Crippen LogP contribution >= 0.6 is 11.8 Å². The van der Waals surface area contributed by atoms with Gasteiger partial charge in [-0.2, -0.15) is 0 Å². The number of hydrogen-bond acceptors (Lipinski definition) is 5. The lowest BCUT2D eigenvalue weighted by Crippen LogP contribution is -2.66. The van der Waals surface area contributed by atoms with Gasteiger partial charge in [0, 0.05) is 11.9 Å². The van der Waals surface area contributed by atoms with Crippen molar-refractivity contribution in [1.29, 1.82) is 0 Å². The van der Waals surface area contributed by atoms with Crippen LogP contribution in [-0.4, -0.2) is 46.2 Å². The summed E-state index contributed by atoms with van der Waals surface area (Å²) in [6.45, 7) is 4.15. The minimum absolute atomic E-state index is 0.0956. The van der Waals surface area contributed by atoms with Crippen LogP contribution in [-0.2, 0) is 25.7 Å². The van der Waals surface area contributed by atoms with Crippen molar-refractivity contribution in [2.45, 2.75) is 42.7 Å². The lowest BCUT2D eigenvalue weighted by molar-refractivity contribution is -0.175. The Morgan fingerprint density at radius 2 is 2.00 bits per heavy atom. The zero-order chi connectivity index (χ0) is 15.9. The first-order chi connectivity index (χ1) is 10.5. The van der Waals surface area contributed by atoms with E-state index in [1.54, 1.807) is 16.7 Å². The third kappa shape index (κ3) is 2.40. The molecule has 118 valence electrons. The molecule has 0 aliphatic carbocycles. The van der Waals surface area contributed by atoms with Crippen LogP contribution in [0.15, 0.2) is 30.3 Å². The van der Waals surface area contributed by atoms with Crippen molar-refractivity contribution < 1.29 is 19.1 Å². The summed E-state index contributed by atoms with van der Waals surface area (Å²) < 4.78 is 10.2. The number of ether oxygens (including phenoxy) is 2. The number of β-lactam (4-membered cyclic amide) rings is 1. The summed E-state index contributed by atoms with van der Waals surface area (Å²) in [5.41, 5.74) is 0.931. The Morgan fingerprint density at radius 1 is 1.32 bits per heavy atom. The zero-order valence-electron chi connectivity index (χ0n) is 12.8. The van der Waals surface area contributed by atoms with Gasteiger partial charge in [-0.3, -0.25) is 4.79 Å². The molecule has 6 heteroatoms. The molecule has 0 radical (unpaired) electrons. The molecule has 0 spiro atoms. The fraction of sp³-hybridized carbons (Fsp3) is 0.500. The third-order valence-corrected chi connectivity index (χ3v) is 5.64. The summed E-state index contributed by atoms with van der Waals surface area (Å²) in [6.07, 6.45) is -0.448. The van der Waals surface area contributed by atoms with Crippen LogP contribution in [0.25, 0.3) is 0 Å². The Hall–Kier alpha value is -1.53. The summed E-state index contributed by atoms with van der Waals surface area (Å²) in [4.78, 5) is 26.2.